The van der Waals surface area contributed by atoms with Crippen LogP contribution in [0.3, 0.4) is 0 Å². The fraction of sp³-hybridized carbons (Fsp3) is 0.286. The molecule has 0 saturated carbocycles. The highest BCUT2D eigenvalue weighted by molar-refractivity contribution is 6.03. The third-order valence-electron chi connectivity index (χ3n) is 9.51. The van der Waals surface area contributed by atoms with Crippen LogP contribution in [0.15, 0.2) is 126 Å². The van der Waals surface area contributed by atoms with E-state index in [9.17, 15) is 32.7 Å². The van der Waals surface area contributed by atoms with Gasteiger partial charge in [-0.05, 0) is 65.6 Å². The molecule has 58 heavy (non-hydrogen) atoms. The summed E-state index contributed by atoms with van der Waals surface area (Å²) in [7, 11) is 3.11. The van der Waals surface area contributed by atoms with Crippen molar-refractivity contribution in [1.29, 1.82) is 0 Å². The number of amides is 2. The molecule has 4 atom stereocenters. The normalized spacial score (nSPS) is 18.0. The van der Waals surface area contributed by atoms with Crippen LogP contribution >= 0.6 is 0 Å². The van der Waals surface area contributed by atoms with Gasteiger partial charge in [-0.25, -0.2) is 4.79 Å². The van der Waals surface area contributed by atoms with E-state index in [0.717, 1.165) is 10.1 Å². The zero-order chi connectivity index (χ0) is 41.3. The Hall–Kier alpha value is -6.07. The molecule has 0 radical (unpaired) electrons. The number of ether oxygens (including phenoxy) is 5. The predicted octanol–water partition coefficient (Wildman–Crippen LogP) is 5.23. The molecule has 1 aliphatic rings. The van der Waals surface area contributed by atoms with Gasteiger partial charge in [-0.2, -0.15) is 18.2 Å². The van der Waals surface area contributed by atoms with Gasteiger partial charge in [0, 0.05) is 24.9 Å². The zero-order valence-corrected chi connectivity index (χ0v) is 31.4. The largest absolute Gasteiger partial charge is 0.497 e. The van der Waals surface area contributed by atoms with Gasteiger partial charge in [0.2, 0.25) is 0 Å². The Bertz CT molecular complexity index is 2140. The van der Waals surface area contributed by atoms with Crippen molar-refractivity contribution in [2.24, 2.45) is 0 Å². The van der Waals surface area contributed by atoms with Gasteiger partial charge in [0.1, 0.15) is 41.2 Å². The number of halogens is 3. The van der Waals surface area contributed by atoms with Crippen LogP contribution in [0.4, 0.5) is 19.0 Å². The lowest BCUT2D eigenvalue weighted by atomic mass is 9.80. The Labute approximate surface area is 331 Å². The molecule has 1 fully saturated rings. The number of hydrogen-bond donors (Lipinski definition) is 3. The van der Waals surface area contributed by atoms with Crippen LogP contribution in [0.1, 0.15) is 39.7 Å². The van der Waals surface area contributed by atoms with Crippen molar-refractivity contribution in [3.05, 3.63) is 154 Å². The van der Waals surface area contributed by atoms with E-state index in [4.69, 9.17) is 23.7 Å². The van der Waals surface area contributed by atoms with Crippen LogP contribution in [0, 0.1) is 0 Å². The molecule has 0 aliphatic carbocycles. The number of nitrogens with zero attached hydrogens (tertiary/aromatic N) is 2. The third kappa shape index (κ3) is 9.37. The summed E-state index contributed by atoms with van der Waals surface area (Å²) in [6, 6.07) is 33.7. The number of alkyl halides is 3. The number of carbonyl (C=O) groups excluding carboxylic acids is 2. The summed E-state index contributed by atoms with van der Waals surface area (Å²) in [5.41, 5.74) is 0.328. The molecule has 0 spiro atoms. The molecule has 16 heteroatoms. The van der Waals surface area contributed by atoms with Gasteiger partial charge in [-0.1, -0.05) is 72.8 Å². The summed E-state index contributed by atoms with van der Waals surface area (Å²) in [6.07, 6.45) is -8.95. The minimum atomic E-state index is -5.05. The lowest BCUT2D eigenvalue weighted by molar-refractivity contribution is -0.173. The minimum absolute atomic E-state index is 0.0435. The number of aliphatic hydroxyl groups is 1. The molecule has 4 aromatic carbocycles. The van der Waals surface area contributed by atoms with Crippen LogP contribution in [0.25, 0.3) is 0 Å². The summed E-state index contributed by atoms with van der Waals surface area (Å²) in [5, 5.41) is 16.1. The second-order valence-corrected chi connectivity index (χ2v) is 13.1. The quantitative estimate of drug-likeness (QED) is 0.0891. The SMILES string of the molecule is COc1ccc(C(OC[C@H]2O[C@@H](n3ccc(NC(=O)c4ccccc4)nc3=O)[C@H](OCCCNC(=O)C(F)(F)F)[C@@H]2O)(c2ccccc2)c2ccc(OC)cc2)cc1. The van der Waals surface area contributed by atoms with E-state index >= 15 is 0 Å². The number of nitrogens with one attached hydrogen (secondary N) is 2. The molecule has 0 bridgehead atoms. The molecule has 0 unspecified atom stereocenters. The minimum Gasteiger partial charge on any atom is -0.497 e. The summed E-state index contributed by atoms with van der Waals surface area (Å²) < 4.78 is 69.4. The maximum atomic E-state index is 13.5. The second-order valence-electron chi connectivity index (χ2n) is 13.1. The van der Waals surface area contributed by atoms with Crippen molar-refractivity contribution in [3.8, 4) is 11.5 Å². The lowest BCUT2D eigenvalue weighted by Gasteiger charge is -2.37. The number of benzene rings is 4. The first kappa shape index (κ1) is 41.6. The van der Waals surface area contributed by atoms with E-state index in [1.807, 2.05) is 54.6 Å². The monoisotopic (exact) mass is 802 g/mol. The predicted molar refractivity (Wildman–Crippen MR) is 204 cm³/mol. The van der Waals surface area contributed by atoms with E-state index in [-0.39, 0.29) is 32.0 Å². The van der Waals surface area contributed by atoms with Crippen LogP contribution in [0.2, 0.25) is 0 Å². The first-order chi connectivity index (χ1) is 27.9. The van der Waals surface area contributed by atoms with Crippen molar-refractivity contribution < 1.29 is 51.6 Å². The Morgan fingerprint density at radius 2 is 1.40 bits per heavy atom. The molecular formula is C42H41F3N4O9. The number of aromatic nitrogens is 2. The Kier molecular flexibility index (Phi) is 13.2. The highest BCUT2D eigenvalue weighted by Crippen LogP contribution is 2.43. The van der Waals surface area contributed by atoms with Crippen molar-refractivity contribution in [2.75, 3.05) is 39.3 Å². The lowest BCUT2D eigenvalue weighted by Crippen LogP contribution is -2.41. The molecule has 1 saturated heterocycles. The van der Waals surface area contributed by atoms with Crippen molar-refractivity contribution in [3.63, 3.8) is 0 Å². The number of rotatable bonds is 16. The number of methoxy groups -OCH3 is 2. The molecule has 2 amide bonds. The highest BCUT2D eigenvalue weighted by Gasteiger charge is 2.48. The van der Waals surface area contributed by atoms with E-state index in [0.29, 0.717) is 28.2 Å². The topological polar surface area (TPSA) is 159 Å². The number of anilines is 1. The summed E-state index contributed by atoms with van der Waals surface area (Å²) in [4.78, 5) is 41.6. The van der Waals surface area contributed by atoms with Crippen LogP contribution in [-0.4, -0.2) is 84.9 Å². The van der Waals surface area contributed by atoms with Gasteiger partial charge in [0.25, 0.3) is 5.91 Å². The highest BCUT2D eigenvalue weighted by atomic mass is 19.4. The van der Waals surface area contributed by atoms with Crippen molar-refractivity contribution >= 4 is 17.6 Å². The number of aliphatic hydroxyl groups excluding tert-OH is 1. The van der Waals surface area contributed by atoms with E-state index in [1.54, 1.807) is 74.1 Å². The zero-order valence-electron chi connectivity index (χ0n) is 31.4. The number of hydrogen-bond acceptors (Lipinski definition) is 10. The summed E-state index contributed by atoms with van der Waals surface area (Å²) in [5.74, 6) is -1.41. The molecule has 3 N–H and O–H groups in total. The molecule has 1 aromatic heterocycles. The van der Waals surface area contributed by atoms with E-state index in [2.05, 4.69) is 10.3 Å². The summed E-state index contributed by atoms with van der Waals surface area (Å²) in [6.45, 7) is -0.869. The third-order valence-corrected chi connectivity index (χ3v) is 9.51. The van der Waals surface area contributed by atoms with Gasteiger partial charge < -0.3 is 39.4 Å². The van der Waals surface area contributed by atoms with E-state index < -0.39 is 53.8 Å². The van der Waals surface area contributed by atoms with Crippen LogP contribution < -0.4 is 25.8 Å². The molecule has 5 aromatic rings. The maximum Gasteiger partial charge on any atom is 0.471 e. The molecule has 1 aliphatic heterocycles. The van der Waals surface area contributed by atoms with Crippen LogP contribution in [0.5, 0.6) is 11.5 Å². The first-order valence-corrected chi connectivity index (χ1v) is 18.2. The van der Waals surface area contributed by atoms with Crippen molar-refractivity contribution in [2.45, 2.75) is 42.7 Å². The van der Waals surface area contributed by atoms with Gasteiger partial charge >= 0.3 is 17.8 Å². The molecular weight excluding hydrogens is 761 g/mol. The van der Waals surface area contributed by atoms with Crippen molar-refractivity contribution in [1.82, 2.24) is 14.9 Å². The van der Waals surface area contributed by atoms with E-state index in [1.165, 1.54) is 12.3 Å². The smallest absolute Gasteiger partial charge is 0.471 e. The molecule has 6 rings (SSSR count). The second kappa shape index (κ2) is 18.5. The van der Waals surface area contributed by atoms with Gasteiger partial charge in [0.15, 0.2) is 6.23 Å². The van der Waals surface area contributed by atoms with Crippen LogP contribution in [-0.2, 0) is 24.6 Å². The Morgan fingerprint density at radius 3 is 1.95 bits per heavy atom. The molecule has 13 nitrogen and oxygen atoms in total. The Morgan fingerprint density at radius 1 is 0.828 bits per heavy atom. The molecule has 2 heterocycles. The Balaban J connectivity index is 1.31. The fourth-order valence-electron chi connectivity index (χ4n) is 6.59. The van der Waals surface area contributed by atoms with Gasteiger partial charge in [-0.3, -0.25) is 14.2 Å². The average molecular weight is 803 g/mol. The first-order valence-electron chi connectivity index (χ1n) is 18.2. The van der Waals surface area contributed by atoms with Gasteiger partial charge in [-0.15, -0.1) is 0 Å². The fourth-order valence-corrected chi connectivity index (χ4v) is 6.59. The van der Waals surface area contributed by atoms with Gasteiger partial charge in [0.05, 0.1) is 20.8 Å². The average Bonchev–Trinajstić information content (AvgIpc) is 3.55. The maximum absolute atomic E-state index is 13.5. The standard InChI is InChI=1S/C42H41F3N4O9/c1-54-31-18-14-29(15-19-31)41(28-12-7-4-8-13-28,30-16-20-32(55-2)21-17-30)57-26-33-35(50)36(56-25-9-23-46-39(52)42(43,44)45)38(58-33)49-24-22-34(48-40(49)53)47-37(51)27-10-5-3-6-11-27/h3-8,10-22,24,33,35-36,38,50H,9,23,25-26H2,1-2H3,(H,46,52)(H,47,48,51,53)/t33-,35-,36-,38-/m1/s1. The molecule has 304 valence electrons. The summed E-state index contributed by atoms with van der Waals surface area (Å²) >= 11 is 0. The number of carbonyl (C=O) groups is 2.